The van der Waals surface area contributed by atoms with Gasteiger partial charge in [-0.1, -0.05) is 19.3 Å². The summed E-state index contributed by atoms with van der Waals surface area (Å²) in [6.45, 7) is 1.30. The summed E-state index contributed by atoms with van der Waals surface area (Å²) in [6.07, 6.45) is 4.81. The molecule has 1 atom stereocenters. The molecular formula is C12H21NO3. The fourth-order valence-corrected chi connectivity index (χ4v) is 3.40. The van der Waals surface area contributed by atoms with Gasteiger partial charge in [0.05, 0.1) is 11.0 Å². The minimum atomic E-state index is -1.02. The first-order valence-electron chi connectivity index (χ1n) is 6.15. The quantitative estimate of drug-likeness (QED) is 0.741. The van der Waals surface area contributed by atoms with Crippen molar-refractivity contribution in [2.24, 2.45) is 5.41 Å². The molecule has 2 N–H and O–H groups in total. The summed E-state index contributed by atoms with van der Waals surface area (Å²) in [5.74, 6) is -0.801. The number of rotatable bonds is 2. The number of nitrogens with zero attached hydrogens (tertiary/aromatic N) is 1. The third kappa shape index (κ3) is 1.64. The van der Waals surface area contributed by atoms with Crippen molar-refractivity contribution in [3.63, 3.8) is 0 Å². The molecule has 1 saturated heterocycles. The maximum absolute atomic E-state index is 11.6. The molecule has 1 heterocycles. The summed E-state index contributed by atoms with van der Waals surface area (Å²) in [7, 11) is 1.94. The van der Waals surface area contributed by atoms with E-state index in [9.17, 15) is 15.0 Å². The Morgan fingerprint density at radius 3 is 2.25 bits per heavy atom. The van der Waals surface area contributed by atoms with E-state index >= 15 is 0 Å². The molecule has 0 aromatic carbocycles. The molecule has 92 valence electrons. The Hall–Kier alpha value is -0.610. The smallest absolute Gasteiger partial charge is 0.312 e. The third-order valence-electron chi connectivity index (χ3n) is 4.45. The SMILES string of the molecule is CN1CCC(O)(C2(C(=O)O)CCCCC2)C1. The Bertz CT molecular complexity index is 286. The van der Waals surface area contributed by atoms with Crippen LogP contribution in [0.3, 0.4) is 0 Å². The second-order valence-electron chi connectivity index (χ2n) is 5.47. The van der Waals surface area contributed by atoms with E-state index in [-0.39, 0.29) is 0 Å². The fourth-order valence-electron chi connectivity index (χ4n) is 3.40. The Labute approximate surface area is 96.3 Å². The van der Waals surface area contributed by atoms with Gasteiger partial charge in [0.1, 0.15) is 0 Å². The maximum atomic E-state index is 11.6. The molecule has 4 heteroatoms. The highest BCUT2D eigenvalue weighted by atomic mass is 16.4. The number of likely N-dealkylation sites (N-methyl/N-ethyl adjacent to an activating group) is 1. The van der Waals surface area contributed by atoms with E-state index in [1.165, 1.54) is 0 Å². The molecule has 0 aromatic rings. The minimum Gasteiger partial charge on any atom is -0.481 e. The highest BCUT2D eigenvalue weighted by Crippen LogP contribution is 2.48. The van der Waals surface area contributed by atoms with Gasteiger partial charge >= 0.3 is 5.97 Å². The lowest BCUT2D eigenvalue weighted by molar-refractivity contribution is -0.173. The molecule has 1 aliphatic carbocycles. The zero-order chi connectivity index (χ0) is 11.8. The van der Waals surface area contributed by atoms with E-state index in [1.807, 2.05) is 11.9 Å². The van der Waals surface area contributed by atoms with Gasteiger partial charge in [-0.25, -0.2) is 0 Å². The maximum Gasteiger partial charge on any atom is 0.312 e. The molecule has 2 aliphatic rings. The Morgan fingerprint density at radius 1 is 1.19 bits per heavy atom. The van der Waals surface area contributed by atoms with Crippen molar-refractivity contribution in [2.75, 3.05) is 20.1 Å². The van der Waals surface area contributed by atoms with Crippen molar-refractivity contribution in [2.45, 2.75) is 44.1 Å². The molecule has 0 bridgehead atoms. The lowest BCUT2D eigenvalue weighted by Crippen LogP contribution is -2.55. The van der Waals surface area contributed by atoms with Gasteiger partial charge in [-0.3, -0.25) is 4.79 Å². The number of hydrogen-bond acceptors (Lipinski definition) is 3. The van der Waals surface area contributed by atoms with Gasteiger partial charge in [-0.05, 0) is 26.3 Å². The van der Waals surface area contributed by atoms with Crippen LogP contribution in [-0.2, 0) is 4.79 Å². The molecule has 2 rings (SSSR count). The standard InChI is InChI=1S/C12H21NO3/c1-13-8-7-12(16,9-13)11(10(14)15)5-3-2-4-6-11/h16H,2-9H2,1H3,(H,14,15). The normalized spacial score (nSPS) is 35.1. The van der Waals surface area contributed by atoms with E-state index in [0.717, 1.165) is 25.8 Å². The first-order valence-corrected chi connectivity index (χ1v) is 6.15. The lowest BCUT2D eigenvalue weighted by Gasteiger charge is -2.44. The topological polar surface area (TPSA) is 60.8 Å². The largest absolute Gasteiger partial charge is 0.481 e. The Balaban J connectivity index is 2.28. The fraction of sp³-hybridized carbons (Fsp3) is 0.917. The van der Waals surface area contributed by atoms with E-state index in [1.54, 1.807) is 0 Å². The summed E-state index contributed by atoms with van der Waals surface area (Å²) in [4.78, 5) is 13.6. The van der Waals surface area contributed by atoms with E-state index < -0.39 is 17.0 Å². The number of carboxylic acids is 1. The van der Waals surface area contributed by atoms with Crippen molar-refractivity contribution in [1.82, 2.24) is 4.90 Å². The monoisotopic (exact) mass is 227 g/mol. The molecule has 1 unspecified atom stereocenters. The first-order chi connectivity index (χ1) is 7.50. The summed E-state index contributed by atoms with van der Waals surface area (Å²) in [6, 6.07) is 0. The highest BCUT2D eigenvalue weighted by Gasteiger charge is 2.57. The van der Waals surface area contributed by atoms with Crippen molar-refractivity contribution in [3.8, 4) is 0 Å². The third-order valence-corrected chi connectivity index (χ3v) is 4.45. The van der Waals surface area contributed by atoms with Crippen molar-refractivity contribution >= 4 is 5.97 Å². The molecule has 0 aromatic heterocycles. The molecule has 16 heavy (non-hydrogen) atoms. The van der Waals surface area contributed by atoms with Crippen LogP contribution in [0.2, 0.25) is 0 Å². The Kier molecular flexibility index (Phi) is 2.97. The van der Waals surface area contributed by atoms with Gasteiger partial charge in [0, 0.05) is 13.1 Å². The lowest BCUT2D eigenvalue weighted by atomic mass is 9.62. The van der Waals surface area contributed by atoms with Crippen molar-refractivity contribution in [3.05, 3.63) is 0 Å². The molecular weight excluding hydrogens is 206 g/mol. The second kappa shape index (κ2) is 4.00. The minimum absolute atomic E-state index is 0.499. The molecule has 0 radical (unpaired) electrons. The number of hydrogen-bond donors (Lipinski definition) is 2. The molecule has 0 spiro atoms. The summed E-state index contributed by atoms with van der Waals surface area (Å²) < 4.78 is 0. The van der Waals surface area contributed by atoms with Gasteiger partial charge < -0.3 is 15.1 Å². The number of likely N-dealkylation sites (tertiary alicyclic amines) is 1. The van der Waals surface area contributed by atoms with Gasteiger partial charge in [-0.15, -0.1) is 0 Å². The van der Waals surface area contributed by atoms with Crippen LogP contribution in [0.1, 0.15) is 38.5 Å². The van der Waals surface area contributed by atoms with Crippen LogP contribution in [0.25, 0.3) is 0 Å². The molecule has 2 fully saturated rings. The van der Waals surface area contributed by atoms with E-state index in [2.05, 4.69) is 0 Å². The number of aliphatic hydroxyl groups is 1. The second-order valence-corrected chi connectivity index (χ2v) is 5.47. The zero-order valence-electron chi connectivity index (χ0n) is 9.91. The zero-order valence-corrected chi connectivity index (χ0v) is 9.91. The summed E-state index contributed by atoms with van der Waals surface area (Å²) >= 11 is 0. The molecule has 1 saturated carbocycles. The van der Waals surface area contributed by atoms with Crippen LogP contribution < -0.4 is 0 Å². The molecule has 1 aliphatic heterocycles. The van der Waals surface area contributed by atoms with Crippen molar-refractivity contribution < 1.29 is 15.0 Å². The van der Waals surface area contributed by atoms with Crippen molar-refractivity contribution in [1.29, 1.82) is 0 Å². The number of β-amino-alcohol motifs (C(OH)–C–C–N with tert-alkyl or cyclic N) is 1. The predicted molar refractivity (Wildman–Crippen MR) is 60.2 cm³/mol. The average molecular weight is 227 g/mol. The van der Waals surface area contributed by atoms with Gasteiger partial charge in [0.15, 0.2) is 0 Å². The predicted octanol–water partition coefficient (Wildman–Crippen LogP) is 1.09. The van der Waals surface area contributed by atoms with Gasteiger partial charge in [0.25, 0.3) is 0 Å². The Morgan fingerprint density at radius 2 is 1.81 bits per heavy atom. The van der Waals surface area contributed by atoms with Crippen LogP contribution in [-0.4, -0.2) is 46.8 Å². The summed E-state index contributed by atoms with van der Waals surface area (Å²) in [5, 5.41) is 20.2. The van der Waals surface area contributed by atoms with Crippen LogP contribution in [0.5, 0.6) is 0 Å². The van der Waals surface area contributed by atoms with Crippen LogP contribution in [0, 0.1) is 5.41 Å². The summed E-state index contributed by atoms with van der Waals surface area (Å²) in [5.41, 5.74) is -1.91. The first kappa shape index (κ1) is 11.9. The van der Waals surface area contributed by atoms with Crippen LogP contribution >= 0.6 is 0 Å². The van der Waals surface area contributed by atoms with Gasteiger partial charge in [0.2, 0.25) is 0 Å². The van der Waals surface area contributed by atoms with Crippen LogP contribution in [0.4, 0.5) is 0 Å². The number of carboxylic acid groups (broad SMARTS) is 1. The number of carbonyl (C=O) groups is 1. The average Bonchev–Trinajstić information content (AvgIpc) is 2.61. The molecule has 4 nitrogen and oxygen atoms in total. The molecule has 0 amide bonds. The number of aliphatic carboxylic acids is 1. The van der Waals surface area contributed by atoms with E-state index in [0.29, 0.717) is 25.8 Å². The van der Waals surface area contributed by atoms with Gasteiger partial charge in [-0.2, -0.15) is 0 Å². The van der Waals surface area contributed by atoms with Crippen LogP contribution in [0.15, 0.2) is 0 Å². The highest BCUT2D eigenvalue weighted by molar-refractivity contribution is 5.76. The van der Waals surface area contributed by atoms with E-state index in [4.69, 9.17) is 0 Å².